The second-order valence-electron chi connectivity index (χ2n) is 6.28. The van der Waals surface area contributed by atoms with E-state index in [-0.39, 0.29) is 25.5 Å². The van der Waals surface area contributed by atoms with Crippen molar-refractivity contribution in [2.75, 3.05) is 33.4 Å². The van der Waals surface area contributed by atoms with Crippen molar-refractivity contribution >= 4 is 23.8 Å². The van der Waals surface area contributed by atoms with Crippen molar-refractivity contribution < 1.29 is 28.7 Å². The van der Waals surface area contributed by atoms with Gasteiger partial charge in [-0.15, -0.1) is 0 Å². The Morgan fingerprint density at radius 3 is 2.68 bits per heavy atom. The predicted molar refractivity (Wildman–Crippen MR) is 86.5 cm³/mol. The summed E-state index contributed by atoms with van der Waals surface area (Å²) >= 11 is 0. The molecule has 1 spiro atoms. The third kappa shape index (κ3) is 4.91. The van der Waals surface area contributed by atoms with Gasteiger partial charge in [-0.05, 0) is 19.3 Å². The van der Waals surface area contributed by atoms with Crippen LogP contribution in [0.4, 0.5) is 4.79 Å². The van der Waals surface area contributed by atoms with Gasteiger partial charge in [0.25, 0.3) is 11.8 Å². The van der Waals surface area contributed by atoms with Crippen molar-refractivity contribution in [2.24, 2.45) is 0 Å². The van der Waals surface area contributed by atoms with E-state index in [9.17, 15) is 19.2 Å². The topological polar surface area (TPSA) is 114 Å². The van der Waals surface area contributed by atoms with Gasteiger partial charge in [0.1, 0.15) is 5.54 Å². The van der Waals surface area contributed by atoms with Crippen LogP contribution in [0.15, 0.2) is 0 Å². The van der Waals surface area contributed by atoms with Gasteiger partial charge < -0.3 is 20.1 Å². The third-order valence-corrected chi connectivity index (χ3v) is 4.46. The van der Waals surface area contributed by atoms with Gasteiger partial charge in [0, 0.05) is 26.6 Å². The standard InChI is InChI=1S/C16H25N3O6/c1-24-10-8-17-12(20)11-25-13(21)5-4-9-19-14(22)16(18-15(19)23)6-2-3-7-16/h2-11H2,1H3,(H,17,20)(H,18,23). The molecule has 2 fully saturated rings. The van der Waals surface area contributed by atoms with Crippen molar-refractivity contribution in [3.8, 4) is 0 Å². The number of ether oxygens (including phenoxy) is 2. The number of methoxy groups -OCH3 is 1. The first-order chi connectivity index (χ1) is 12.0. The summed E-state index contributed by atoms with van der Waals surface area (Å²) in [4.78, 5) is 48.6. The van der Waals surface area contributed by atoms with Crippen LogP contribution in [-0.4, -0.2) is 67.7 Å². The molecule has 9 heteroatoms. The lowest BCUT2D eigenvalue weighted by atomic mass is 9.98. The Balaban J connectivity index is 1.65. The van der Waals surface area contributed by atoms with Crippen LogP contribution in [-0.2, 0) is 23.9 Å². The molecule has 0 aromatic rings. The monoisotopic (exact) mass is 355 g/mol. The Morgan fingerprint density at radius 1 is 1.28 bits per heavy atom. The minimum absolute atomic E-state index is 0.0371. The van der Waals surface area contributed by atoms with Crippen LogP contribution < -0.4 is 10.6 Å². The van der Waals surface area contributed by atoms with Crippen molar-refractivity contribution in [3.63, 3.8) is 0 Å². The fourth-order valence-corrected chi connectivity index (χ4v) is 3.14. The van der Waals surface area contributed by atoms with Crippen LogP contribution in [0, 0.1) is 0 Å². The van der Waals surface area contributed by atoms with Crippen LogP contribution >= 0.6 is 0 Å². The maximum Gasteiger partial charge on any atom is 0.325 e. The van der Waals surface area contributed by atoms with E-state index in [0.29, 0.717) is 32.4 Å². The van der Waals surface area contributed by atoms with Crippen LogP contribution in [0.1, 0.15) is 38.5 Å². The van der Waals surface area contributed by atoms with Crippen molar-refractivity contribution in [1.29, 1.82) is 0 Å². The van der Waals surface area contributed by atoms with Gasteiger partial charge in [0.2, 0.25) is 0 Å². The molecule has 1 saturated heterocycles. The number of rotatable bonds is 9. The zero-order chi connectivity index (χ0) is 18.3. The average Bonchev–Trinajstić information content (AvgIpc) is 3.14. The summed E-state index contributed by atoms with van der Waals surface area (Å²) < 4.78 is 9.63. The van der Waals surface area contributed by atoms with Gasteiger partial charge in [-0.2, -0.15) is 0 Å². The van der Waals surface area contributed by atoms with Crippen LogP contribution in [0.3, 0.4) is 0 Å². The molecule has 1 saturated carbocycles. The van der Waals surface area contributed by atoms with E-state index in [1.807, 2.05) is 0 Å². The second kappa shape index (κ2) is 8.80. The summed E-state index contributed by atoms with van der Waals surface area (Å²) in [7, 11) is 1.52. The highest BCUT2D eigenvalue weighted by atomic mass is 16.5. The minimum atomic E-state index is -0.724. The Morgan fingerprint density at radius 2 is 2.00 bits per heavy atom. The smallest absolute Gasteiger partial charge is 0.325 e. The molecule has 2 aliphatic rings. The van der Waals surface area contributed by atoms with Crippen molar-refractivity contribution in [3.05, 3.63) is 0 Å². The number of nitrogens with zero attached hydrogens (tertiary/aromatic N) is 1. The quantitative estimate of drug-likeness (QED) is 0.340. The van der Waals surface area contributed by atoms with Crippen molar-refractivity contribution in [2.45, 2.75) is 44.1 Å². The first-order valence-electron chi connectivity index (χ1n) is 8.54. The van der Waals surface area contributed by atoms with E-state index in [2.05, 4.69) is 10.6 Å². The molecule has 25 heavy (non-hydrogen) atoms. The van der Waals surface area contributed by atoms with Crippen LogP contribution in [0.2, 0.25) is 0 Å². The zero-order valence-corrected chi connectivity index (χ0v) is 14.5. The molecule has 0 atom stereocenters. The highest BCUT2D eigenvalue weighted by Crippen LogP contribution is 2.35. The number of hydrogen-bond donors (Lipinski definition) is 2. The highest BCUT2D eigenvalue weighted by molar-refractivity contribution is 6.07. The fraction of sp³-hybridized carbons (Fsp3) is 0.750. The number of carbonyl (C=O) groups excluding carboxylic acids is 4. The van der Waals surface area contributed by atoms with Crippen LogP contribution in [0.5, 0.6) is 0 Å². The Kier molecular flexibility index (Phi) is 6.74. The molecular formula is C16H25N3O6. The molecule has 0 radical (unpaired) electrons. The molecule has 9 nitrogen and oxygen atoms in total. The van der Waals surface area contributed by atoms with E-state index in [1.54, 1.807) is 0 Å². The zero-order valence-electron chi connectivity index (χ0n) is 14.5. The summed E-state index contributed by atoms with van der Waals surface area (Å²) in [5.74, 6) is -1.13. The van der Waals surface area contributed by atoms with Gasteiger partial charge >= 0.3 is 12.0 Å². The molecule has 1 heterocycles. The Hall–Kier alpha value is -2.16. The number of urea groups is 1. The normalized spacial score (nSPS) is 18.5. The second-order valence-corrected chi connectivity index (χ2v) is 6.28. The highest BCUT2D eigenvalue weighted by Gasteiger charge is 2.51. The minimum Gasteiger partial charge on any atom is -0.456 e. The van der Waals surface area contributed by atoms with E-state index in [1.165, 1.54) is 12.0 Å². The first-order valence-corrected chi connectivity index (χ1v) is 8.54. The molecule has 1 aliphatic carbocycles. The van der Waals surface area contributed by atoms with E-state index < -0.39 is 23.4 Å². The first kappa shape index (κ1) is 19.2. The fourth-order valence-electron chi connectivity index (χ4n) is 3.14. The molecule has 2 rings (SSSR count). The van der Waals surface area contributed by atoms with Gasteiger partial charge in [-0.25, -0.2) is 4.79 Å². The Bertz CT molecular complexity index is 530. The maximum absolute atomic E-state index is 12.4. The predicted octanol–water partition coefficient (Wildman–Crippen LogP) is -0.0630. The lowest BCUT2D eigenvalue weighted by Gasteiger charge is -2.19. The lowest BCUT2D eigenvalue weighted by molar-refractivity contribution is -0.148. The number of esters is 1. The molecule has 0 unspecified atom stereocenters. The van der Waals surface area contributed by atoms with Gasteiger partial charge in [0.05, 0.1) is 6.61 Å². The van der Waals surface area contributed by atoms with E-state index >= 15 is 0 Å². The number of hydrogen-bond acceptors (Lipinski definition) is 6. The van der Waals surface area contributed by atoms with Crippen molar-refractivity contribution in [1.82, 2.24) is 15.5 Å². The summed E-state index contributed by atoms with van der Waals surface area (Å²) in [5.41, 5.74) is -0.724. The van der Waals surface area contributed by atoms with E-state index in [4.69, 9.17) is 9.47 Å². The number of nitrogens with one attached hydrogen (secondary N) is 2. The summed E-state index contributed by atoms with van der Waals surface area (Å²) in [6.07, 6.45) is 3.55. The van der Waals surface area contributed by atoms with Gasteiger partial charge in [0.15, 0.2) is 6.61 Å². The molecular weight excluding hydrogens is 330 g/mol. The molecule has 140 valence electrons. The maximum atomic E-state index is 12.4. The molecule has 0 bridgehead atoms. The molecule has 0 aromatic heterocycles. The largest absolute Gasteiger partial charge is 0.456 e. The molecule has 2 N–H and O–H groups in total. The lowest BCUT2D eigenvalue weighted by Crippen LogP contribution is -2.44. The van der Waals surface area contributed by atoms with Gasteiger partial charge in [-0.3, -0.25) is 19.3 Å². The number of amides is 4. The third-order valence-electron chi connectivity index (χ3n) is 4.46. The molecule has 1 aliphatic heterocycles. The van der Waals surface area contributed by atoms with E-state index in [0.717, 1.165) is 12.8 Å². The van der Waals surface area contributed by atoms with Crippen LogP contribution in [0.25, 0.3) is 0 Å². The summed E-state index contributed by atoms with van der Waals surface area (Å²) in [5, 5.41) is 5.32. The van der Waals surface area contributed by atoms with Gasteiger partial charge in [-0.1, -0.05) is 12.8 Å². The summed E-state index contributed by atoms with van der Waals surface area (Å²) in [6.45, 7) is 0.546. The number of carbonyl (C=O) groups is 4. The molecule has 0 aromatic carbocycles. The Labute approximate surface area is 146 Å². The average molecular weight is 355 g/mol. The summed E-state index contributed by atoms with van der Waals surface area (Å²) in [6, 6.07) is -0.391. The SMILES string of the molecule is COCCNC(=O)COC(=O)CCCN1C(=O)NC2(CCCC2)C1=O. The number of imide groups is 1. The molecule has 4 amide bonds.